The van der Waals surface area contributed by atoms with Crippen molar-refractivity contribution < 1.29 is 0 Å². The van der Waals surface area contributed by atoms with Crippen molar-refractivity contribution >= 4 is 17.8 Å². The number of allylic oxidation sites excluding steroid dienone is 2. The van der Waals surface area contributed by atoms with Gasteiger partial charge < -0.3 is 0 Å². The Balaban J connectivity index is 0.000000921. The van der Waals surface area contributed by atoms with Crippen LogP contribution in [0.15, 0.2) is 41.8 Å². The summed E-state index contributed by atoms with van der Waals surface area (Å²) < 4.78 is 0. The van der Waals surface area contributed by atoms with Gasteiger partial charge in [-0.25, -0.2) is 0 Å². The Kier molecular flexibility index (Phi) is 8.99. The second kappa shape index (κ2) is 9.60. The lowest BCUT2D eigenvalue weighted by atomic mass is 10.1. The van der Waals surface area contributed by atoms with Gasteiger partial charge >= 0.3 is 0 Å². The molecule has 0 atom stereocenters. The molecule has 0 aliphatic carbocycles. The van der Waals surface area contributed by atoms with E-state index in [2.05, 4.69) is 61.1 Å². The van der Waals surface area contributed by atoms with Crippen LogP contribution in [0.4, 0.5) is 0 Å². The summed E-state index contributed by atoms with van der Waals surface area (Å²) in [6, 6.07) is 8.37. The van der Waals surface area contributed by atoms with Crippen LogP contribution < -0.4 is 0 Å². The molecule has 1 aromatic carbocycles. The maximum atomic E-state index is 2.13. The third-order valence-electron chi connectivity index (χ3n) is 1.79. The van der Waals surface area contributed by atoms with Gasteiger partial charge in [0.2, 0.25) is 0 Å². The largest absolute Gasteiger partial charge is 0.138 e. The van der Waals surface area contributed by atoms with Crippen LogP contribution in [0.2, 0.25) is 0 Å². The van der Waals surface area contributed by atoms with Crippen molar-refractivity contribution in [3.63, 3.8) is 0 Å². The molecule has 0 heterocycles. The second-order valence-corrected chi connectivity index (χ2v) is 3.52. The highest BCUT2D eigenvalue weighted by molar-refractivity contribution is 8.01. The first-order valence-electron chi connectivity index (χ1n) is 5.26. The van der Waals surface area contributed by atoms with E-state index in [1.54, 1.807) is 11.8 Å². The van der Waals surface area contributed by atoms with E-state index in [4.69, 9.17) is 0 Å². The highest BCUT2D eigenvalue weighted by atomic mass is 32.2. The molecule has 82 valence electrons. The SMILES string of the molecule is CC.CS/C=C\C=C\c1ccccc1C. The Labute approximate surface area is 98.1 Å². The summed E-state index contributed by atoms with van der Waals surface area (Å²) in [6.07, 6.45) is 8.30. The van der Waals surface area contributed by atoms with Gasteiger partial charge in [-0.15, -0.1) is 11.8 Å². The normalized spacial score (nSPS) is 10.4. The highest BCUT2D eigenvalue weighted by Crippen LogP contribution is 2.08. The number of benzene rings is 1. The van der Waals surface area contributed by atoms with E-state index in [0.717, 1.165) is 0 Å². The van der Waals surface area contributed by atoms with E-state index >= 15 is 0 Å². The first kappa shape index (κ1) is 14.1. The smallest absolute Gasteiger partial charge is 0.0142 e. The molecule has 0 bridgehead atoms. The molecule has 15 heavy (non-hydrogen) atoms. The van der Waals surface area contributed by atoms with Crippen molar-refractivity contribution in [2.45, 2.75) is 20.8 Å². The maximum absolute atomic E-state index is 2.13. The molecule has 0 aliphatic rings. The van der Waals surface area contributed by atoms with Crippen molar-refractivity contribution in [3.8, 4) is 0 Å². The van der Waals surface area contributed by atoms with E-state index in [1.807, 2.05) is 13.8 Å². The number of rotatable bonds is 3. The van der Waals surface area contributed by atoms with Crippen LogP contribution in [0.5, 0.6) is 0 Å². The lowest BCUT2D eigenvalue weighted by Gasteiger charge is -1.96. The van der Waals surface area contributed by atoms with Crippen LogP contribution in [0.1, 0.15) is 25.0 Å². The molecule has 0 saturated carbocycles. The lowest BCUT2D eigenvalue weighted by molar-refractivity contribution is 1.44. The monoisotopic (exact) mass is 220 g/mol. The highest BCUT2D eigenvalue weighted by Gasteiger charge is 1.88. The van der Waals surface area contributed by atoms with Gasteiger partial charge in [0.25, 0.3) is 0 Å². The van der Waals surface area contributed by atoms with E-state index < -0.39 is 0 Å². The number of thioether (sulfide) groups is 1. The molecule has 0 unspecified atom stereocenters. The molecule has 0 amide bonds. The van der Waals surface area contributed by atoms with Crippen molar-refractivity contribution in [3.05, 3.63) is 53.0 Å². The lowest BCUT2D eigenvalue weighted by Crippen LogP contribution is -1.76. The predicted molar refractivity (Wildman–Crippen MR) is 74.2 cm³/mol. The van der Waals surface area contributed by atoms with Gasteiger partial charge in [0.1, 0.15) is 0 Å². The molecular weight excluding hydrogens is 200 g/mol. The van der Waals surface area contributed by atoms with Crippen LogP contribution in [-0.4, -0.2) is 6.26 Å². The molecular formula is C14H20S. The third-order valence-corrected chi connectivity index (χ3v) is 2.22. The molecule has 0 nitrogen and oxygen atoms in total. The predicted octanol–water partition coefficient (Wildman–Crippen LogP) is 4.91. The zero-order valence-electron chi connectivity index (χ0n) is 10.0. The standard InChI is InChI=1S/C12H14S.C2H6/c1-11-7-3-4-8-12(11)9-5-6-10-13-2;1-2/h3-10H,1-2H3;1-2H3/b9-5+,10-6-;. The van der Waals surface area contributed by atoms with Gasteiger partial charge in [0, 0.05) is 0 Å². The van der Waals surface area contributed by atoms with Crippen molar-refractivity contribution in [2.75, 3.05) is 6.26 Å². The fourth-order valence-corrected chi connectivity index (χ4v) is 1.30. The Morgan fingerprint density at radius 1 is 1.07 bits per heavy atom. The summed E-state index contributed by atoms with van der Waals surface area (Å²) >= 11 is 1.71. The van der Waals surface area contributed by atoms with Gasteiger partial charge in [-0.3, -0.25) is 0 Å². The van der Waals surface area contributed by atoms with Gasteiger partial charge in [-0.2, -0.15) is 0 Å². The first-order valence-corrected chi connectivity index (χ1v) is 6.55. The van der Waals surface area contributed by atoms with Crippen molar-refractivity contribution in [2.24, 2.45) is 0 Å². The molecule has 0 aromatic heterocycles. The zero-order valence-corrected chi connectivity index (χ0v) is 10.8. The topological polar surface area (TPSA) is 0 Å². The van der Waals surface area contributed by atoms with Crippen molar-refractivity contribution in [1.29, 1.82) is 0 Å². The minimum atomic E-state index is 1.29. The molecule has 0 aliphatic heterocycles. The molecule has 0 saturated heterocycles. The molecule has 0 radical (unpaired) electrons. The first-order chi connectivity index (χ1) is 7.34. The average molecular weight is 220 g/mol. The second-order valence-electron chi connectivity index (χ2n) is 2.78. The molecule has 0 N–H and O–H groups in total. The van der Waals surface area contributed by atoms with E-state index in [0.29, 0.717) is 0 Å². The summed E-state index contributed by atoms with van der Waals surface area (Å²) in [7, 11) is 0. The molecule has 1 aromatic rings. The maximum Gasteiger partial charge on any atom is -0.0142 e. The summed E-state index contributed by atoms with van der Waals surface area (Å²) in [6.45, 7) is 6.12. The minimum absolute atomic E-state index is 1.29. The Morgan fingerprint density at radius 3 is 2.33 bits per heavy atom. The van der Waals surface area contributed by atoms with E-state index in [1.165, 1.54) is 11.1 Å². The van der Waals surface area contributed by atoms with Gasteiger partial charge in [0.05, 0.1) is 0 Å². The van der Waals surface area contributed by atoms with Crippen LogP contribution in [0.3, 0.4) is 0 Å². The number of aryl methyl sites for hydroxylation is 1. The Bertz CT molecular complexity index is 311. The summed E-state index contributed by atoms with van der Waals surface area (Å²) in [5.74, 6) is 0. The summed E-state index contributed by atoms with van der Waals surface area (Å²) in [5.41, 5.74) is 2.60. The minimum Gasteiger partial charge on any atom is -0.138 e. The fourth-order valence-electron chi connectivity index (χ4n) is 1.06. The van der Waals surface area contributed by atoms with Crippen LogP contribution in [0, 0.1) is 6.92 Å². The van der Waals surface area contributed by atoms with Gasteiger partial charge in [0.15, 0.2) is 0 Å². The number of hydrogen-bond acceptors (Lipinski definition) is 1. The molecule has 1 heteroatoms. The Morgan fingerprint density at radius 2 is 1.73 bits per heavy atom. The van der Waals surface area contributed by atoms with Gasteiger partial charge in [-0.05, 0) is 29.7 Å². The average Bonchev–Trinajstić information content (AvgIpc) is 2.29. The molecule has 0 spiro atoms. The molecule has 0 fully saturated rings. The van der Waals surface area contributed by atoms with E-state index in [9.17, 15) is 0 Å². The van der Waals surface area contributed by atoms with Crippen LogP contribution >= 0.6 is 11.8 Å². The van der Waals surface area contributed by atoms with Crippen molar-refractivity contribution in [1.82, 2.24) is 0 Å². The van der Waals surface area contributed by atoms with E-state index in [-0.39, 0.29) is 0 Å². The van der Waals surface area contributed by atoms with Crippen LogP contribution in [-0.2, 0) is 0 Å². The Hall–Kier alpha value is -0.950. The molecule has 1 rings (SSSR count). The van der Waals surface area contributed by atoms with Crippen LogP contribution in [0.25, 0.3) is 6.08 Å². The summed E-state index contributed by atoms with van der Waals surface area (Å²) in [5, 5.41) is 2.06. The fraction of sp³-hybridized carbons (Fsp3) is 0.286. The van der Waals surface area contributed by atoms with Gasteiger partial charge in [-0.1, -0.05) is 56.3 Å². The zero-order chi connectivity index (χ0) is 11.5. The summed E-state index contributed by atoms with van der Waals surface area (Å²) in [4.78, 5) is 0. The quantitative estimate of drug-likeness (QED) is 0.652. The third kappa shape index (κ3) is 6.19. The number of hydrogen-bond donors (Lipinski definition) is 0.